The van der Waals surface area contributed by atoms with Gasteiger partial charge in [-0.2, -0.15) is 16.9 Å². The van der Waals surface area contributed by atoms with Crippen molar-refractivity contribution < 1.29 is 5.11 Å². The summed E-state index contributed by atoms with van der Waals surface area (Å²) < 4.78 is 3.06. The standard InChI is InChI=1S/C14H23BrN2OS/c1-3-17-13(14(15)10(2)16-17)9-12(18)8-11-4-6-19-7-5-11/h11-12,18H,3-9H2,1-2H3. The van der Waals surface area contributed by atoms with Crippen LogP contribution >= 0.6 is 27.7 Å². The summed E-state index contributed by atoms with van der Waals surface area (Å²) in [5.41, 5.74) is 2.15. The Morgan fingerprint density at radius 2 is 2.16 bits per heavy atom. The number of thioether (sulfide) groups is 1. The largest absolute Gasteiger partial charge is 0.393 e. The Balaban J connectivity index is 1.96. The fourth-order valence-electron chi connectivity index (χ4n) is 2.74. The molecule has 3 nitrogen and oxygen atoms in total. The predicted octanol–water partition coefficient (Wildman–Crippen LogP) is 3.41. The monoisotopic (exact) mass is 346 g/mol. The highest BCUT2D eigenvalue weighted by Gasteiger charge is 2.21. The number of aliphatic hydroxyl groups excluding tert-OH is 1. The van der Waals surface area contributed by atoms with Crippen molar-refractivity contribution >= 4 is 27.7 Å². The first-order chi connectivity index (χ1) is 9.11. The molecule has 1 unspecified atom stereocenters. The molecule has 2 rings (SSSR count). The van der Waals surface area contributed by atoms with Gasteiger partial charge in [-0.05, 0) is 66.5 Å². The molecule has 1 aliphatic heterocycles. The molecule has 0 spiro atoms. The number of aryl methyl sites for hydroxylation is 2. The van der Waals surface area contributed by atoms with Gasteiger partial charge >= 0.3 is 0 Å². The lowest BCUT2D eigenvalue weighted by atomic mass is 9.94. The van der Waals surface area contributed by atoms with Crippen LogP contribution in [0, 0.1) is 12.8 Å². The molecule has 0 radical (unpaired) electrons. The molecule has 1 aromatic heterocycles. The zero-order valence-corrected chi connectivity index (χ0v) is 14.1. The van der Waals surface area contributed by atoms with Gasteiger partial charge in [-0.1, -0.05) is 0 Å². The number of rotatable bonds is 5. The van der Waals surface area contributed by atoms with Gasteiger partial charge in [0.1, 0.15) is 0 Å². The highest BCUT2D eigenvalue weighted by Crippen LogP contribution is 2.28. The average Bonchev–Trinajstić information content (AvgIpc) is 2.67. The van der Waals surface area contributed by atoms with Crippen molar-refractivity contribution in [2.75, 3.05) is 11.5 Å². The number of aliphatic hydroxyl groups is 1. The maximum atomic E-state index is 10.3. The van der Waals surface area contributed by atoms with Crippen molar-refractivity contribution in [2.24, 2.45) is 5.92 Å². The zero-order valence-electron chi connectivity index (χ0n) is 11.7. The Morgan fingerprint density at radius 3 is 2.79 bits per heavy atom. The molecule has 5 heteroatoms. The van der Waals surface area contributed by atoms with E-state index in [0.717, 1.165) is 28.8 Å². The molecule has 1 fully saturated rings. The lowest BCUT2D eigenvalue weighted by molar-refractivity contribution is 0.137. The van der Waals surface area contributed by atoms with Crippen molar-refractivity contribution in [3.05, 3.63) is 15.9 Å². The average molecular weight is 347 g/mol. The van der Waals surface area contributed by atoms with E-state index in [1.165, 1.54) is 24.3 Å². The van der Waals surface area contributed by atoms with Crippen molar-refractivity contribution in [3.8, 4) is 0 Å². The minimum absolute atomic E-state index is 0.245. The topological polar surface area (TPSA) is 38.0 Å². The fraction of sp³-hybridized carbons (Fsp3) is 0.786. The molecule has 1 aliphatic rings. The molecule has 1 aromatic rings. The third-order valence-corrected chi connectivity index (χ3v) is 5.91. The van der Waals surface area contributed by atoms with Gasteiger partial charge in [0.2, 0.25) is 0 Å². The summed E-state index contributed by atoms with van der Waals surface area (Å²) in [5, 5.41) is 14.8. The third-order valence-electron chi connectivity index (χ3n) is 3.83. The van der Waals surface area contributed by atoms with Gasteiger partial charge in [0.25, 0.3) is 0 Å². The SMILES string of the molecule is CCn1nc(C)c(Br)c1CC(O)CC1CCSCC1. The maximum absolute atomic E-state index is 10.3. The van der Waals surface area contributed by atoms with Gasteiger partial charge < -0.3 is 5.11 Å². The summed E-state index contributed by atoms with van der Waals surface area (Å²) in [6, 6.07) is 0. The van der Waals surface area contributed by atoms with Gasteiger partial charge in [0, 0.05) is 13.0 Å². The highest BCUT2D eigenvalue weighted by atomic mass is 79.9. The molecule has 1 saturated heterocycles. The van der Waals surface area contributed by atoms with Crippen molar-refractivity contribution in [1.82, 2.24) is 9.78 Å². The fourth-order valence-corrected chi connectivity index (χ4v) is 4.39. The van der Waals surface area contributed by atoms with Gasteiger partial charge in [-0.15, -0.1) is 0 Å². The predicted molar refractivity (Wildman–Crippen MR) is 84.7 cm³/mol. The molecule has 0 aromatic carbocycles. The third kappa shape index (κ3) is 3.99. The quantitative estimate of drug-likeness (QED) is 0.887. The van der Waals surface area contributed by atoms with Crippen LogP contribution in [0.3, 0.4) is 0 Å². The molecule has 0 bridgehead atoms. The van der Waals surface area contributed by atoms with E-state index in [2.05, 4.69) is 28.0 Å². The van der Waals surface area contributed by atoms with Crippen molar-refractivity contribution in [1.29, 1.82) is 0 Å². The number of hydrogen-bond donors (Lipinski definition) is 1. The summed E-state index contributed by atoms with van der Waals surface area (Å²) >= 11 is 5.64. The van der Waals surface area contributed by atoms with Gasteiger partial charge in [0.15, 0.2) is 0 Å². The van der Waals surface area contributed by atoms with E-state index >= 15 is 0 Å². The minimum Gasteiger partial charge on any atom is -0.393 e. The van der Waals surface area contributed by atoms with E-state index in [1.54, 1.807) is 0 Å². The van der Waals surface area contributed by atoms with Crippen LogP contribution in [0.5, 0.6) is 0 Å². The molecular weight excluding hydrogens is 324 g/mol. The van der Waals surface area contributed by atoms with Crippen LogP contribution in [0.4, 0.5) is 0 Å². The van der Waals surface area contributed by atoms with Gasteiger partial charge in [-0.25, -0.2) is 0 Å². The Kier molecular flexibility index (Phi) is 5.78. The van der Waals surface area contributed by atoms with E-state index in [4.69, 9.17) is 0 Å². The molecule has 0 aliphatic carbocycles. The first-order valence-corrected chi connectivity index (χ1v) is 9.04. The zero-order chi connectivity index (χ0) is 13.8. The van der Waals surface area contributed by atoms with Crippen LogP contribution in [0.15, 0.2) is 4.47 Å². The van der Waals surface area contributed by atoms with E-state index in [1.807, 2.05) is 23.4 Å². The van der Waals surface area contributed by atoms with Crippen LogP contribution in [0.1, 0.15) is 37.6 Å². The number of aromatic nitrogens is 2. The second-order valence-electron chi connectivity index (χ2n) is 5.31. The van der Waals surface area contributed by atoms with Crippen LogP contribution in [-0.2, 0) is 13.0 Å². The summed E-state index contributed by atoms with van der Waals surface area (Å²) in [6.45, 7) is 4.95. The Morgan fingerprint density at radius 1 is 1.47 bits per heavy atom. The highest BCUT2D eigenvalue weighted by molar-refractivity contribution is 9.10. The maximum Gasteiger partial charge on any atom is 0.0738 e. The smallest absolute Gasteiger partial charge is 0.0738 e. The van der Waals surface area contributed by atoms with Crippen molar-refractivity contribution in [2.45, 2.75) is 52.2 Å². The van der Waals surface area contributed by atoms with Crippen LogP contribution in [0.2, 0.25) is 0 Å². The Bertz CT molecular complexity index is 416. The normalized spacial score (nSPS) is 18.7. The molecule has 2 heterocycles. The van der Waals surface area contributed by atoms with Crippen LogP contribution in [0.25, 0.3) is 0 Å². The Labute approximate surface area is 128 Å². The number of hydrogen-bond acceptors (Lipinski definition) is 3. The van der Waals surface area contributed by atoms with Gasteiger partial charge in [-0.3, -0.25) is 4.68 Å². The van der Waals surface area contributed by atoms with Crippen LogP contribution in [-0.4, -0.2) is 32.5 Å². The summed E-state index contributed by atoms with van der Waals surface area (Å²) in [7, 11) is 0. The molecule has 1 N–H and O–H groups in total. The first-order valence-electron chi connectivity index (χ1n) is 7.09. The van der Waals surface area contributed by atoms with Gasteiger partial charge in [0.05, 0.1) is 22.0 Å². The van der Waals surface area contributed by atoms with E-state index in [-0.39, 0.29) is 6.10 Å². The summed E-state index contributed by atoms with van der Waals surface area (Å²) in [5.74, 6) is 3.22. The summed E-state index contributed by atoms with van der Waals surface area (Å²) in [6.07, 6.45) is 3.91. The molecule has 19 heavy (non-hydrogen) atoms. The van der Waals surface area contributed by atoms with Crippen LogP contribution < -0.4 is 0 Å². The van der Waals surface area contributed by atoms with Crippen molar-refractivity contribution in [3.63, 3.8) is 0 Å². The summed E-state index contributed by atoms with van der Waals surface area (Å²) in [4.78, 5) is 0. The lowest BCUT2D eigenvalue weighted by Crippen LogP contribution is -2.21. The number of nitrogens with zero attached hydrogens (tertiary/aromatic N) is 2. The first kappa shape index (κ1) is 15.4. The molecule has 0 amide bonds. The van der Waals surface area contributed by atoms with E-state index in [0.29, 0.717) is 12.3 Å². The molecule has 0 saturated carbocycles. The molecule has 1 atom stereocenters. The second kappa shape index (κ2) is 7.14. The Hall–Kier alpha value is -0.0000000000000000555. The second-order valence-corrected chi connectivity index (χ2v) is 7.33. The number of halogens is 1. The van der Waals surface area contributed by atoms with E-state index < -0.39 is 0 Å². The molecule has 108 valence electrons. The van der Waals surface area contributed by atoms with E-state index in [9.17, 15) is 5.11 Å². The molecular formula is C14H23BrN2OS. The lowest BCUT2D eigenvalue weighted by Gasteiger charge is -2.24. The minimum atomic E-state index is -0.245.